The van der Waals surface area contributed by atoms with Crippen LogP contribution in [0.5, 0.6) is 0 Å². The molecule has 0 unspecified atom stereocenters. The Balaban J connectivity index is 1.78. The molecule has 1 fully saturated rings. The van der Waals surface area contributed by atoms with Gasteiger partial charge in [0.2, 0.25) is 11.8 Å². The standard InChI is InChI=1S/C14H19N3O3S/c1-2-7-15-11(18)8-16-14(20)10-5-6-12(21-10)17-13(19)9-3-4-9/h5-6,9H,2-4,7-8H2,1H3,(H,15,18)(H,16,20)(H,17,19). The second-order valence-electron chi connectivity index (χ2n) is 4.96. The van der Waals surface area contributed by atoms with Crippen LogP contribution in [0.3, 0.4) is 0 Å². The summed E-state index contributed by atoms with van der Waals surface area (Å²) in [4.78, 5) is 35.4. The van der Waals surface area contributed by atoms with Crippen molar-refractivity contribution in [2.45, 2.75) is 26.2 Å². The van der Waals surface area contributed by atoms with E-state index in [9.17, 15) is 14.4 Å². The van der Waals surface area contributed by atoms with Gasteiger partial charge < -0.3 is 16.0 Å². The number of carbonyl (C=O) groups excluding carboxylic acids is 3. The Morgan fingerprint density at radius 3 is 2.67 bits per heavy atom. The summed E-state index contributed by atoms with van der Waals surface area (Å²) < 4.78 is 0. The molecule has 0 radical (unpaired) electrons. The van der Waals surface area contributed by atoms with Gasteiger partial charge in [-0.25, -0.2) is 0 Å². The molecule has 1 heterocycles. The van der Waals surface area contributed by atoms with Crippen molar-refractivity contribution in [1.82, 2.24) is 10.6 Å². The van der Waals surface area contributed by atoms with Crippen LogP contribution in [-0.4, -0.2) is 30.8 Å². The summed E-state index contributed by atoms with van der Waals surface area (Å²) >= 11 is 1.21. The SMILES string of the molecule is CCCNC(=O)CNC(=O)c1ccc(NC(=O)C2CC2)s1. The maximum absolute atomic E-state index is 11.9. The van der Waals surface area contributed by atoms with Crippen molar-refractivity contribution in [3.05, 3.63) is 17.0 Å². The van der Waals surface area contributed by atoms with Gasteiger partial charge in [-0.15, -0.1) is 11.3 Å². The second-order valence-corrected chi connectivity index (χ2v) is 6.04. The highest BCUT2D eigenvalue weighted by atomic mass is 32.1. The Labute approximate surface area is 127 Å². The Hall–Kier alpha value is -1.89. The fourth-order valence-electron chi connectivity index (χ4n) is 1.67. The summed E-state index contributed by atoms with van der Waals surface area (Å²) in [6.07, 6.45) is 2.74. The van der Waals surface area contributed by atoms with Crippen LogP contribution in [0.2, 0.25) is 0 Å². The molecule has 2 rings (SSSR count). The zero-order chi connectivity index (χ0) is 15.2. The Kier molecular flexibility index (Phi) is 5.32. The topological polar surface area (TPSA) is 87.3 Å². The van der Waals surface area contributed by atoms with Gasteiger partial charge in [-0.05, 0) is 31.4 Å². The zero-order valence-corrected chi connectivity index (χ0v) is 12.7. The first-order valence-corrected chi connectivity index (χ1v) is 7.87. The van der Waals surface area contributed by atoms with Gasteiger partial charge in [-0.1, -0.05) is 6.92 Å². The lowest BCUT2D eigenvalue weighted by Gasteiger charge is -2.04. The molecule has 0 spiro atoms. The highest BCUT2D eigenvalue weighted by Gasteiger charge is 2.29. The molecule has 3 N–H and O–H groups in total. The molecule has 0 atom stereocenters. The van der Waals surface area contributed by atoms with Gasteiger partial charge >= 0.3 is 0 Å². The largest absolute Gasteiger partial charge is 0.355 e. The van der Waals surface area contributed by atoms with Crippen LogP contribution < -0.4 is 16.0 Å². The first-order valence-electron chi connectivity index (χ1n) is 7.05. The predicted octanol–water partition coefficient (Wildman–Crippen LogP) is 1.35. The third kappa shape index (κ3) is 4.86. The van der Waals surface area contributed by atoms with Crippen LogP contribution in [0, 0.1) is 5.92 Å². The molecule has 1 aliphatic carbocycles. The van der Waals surface area contributed by atoms with Gasteiger partial charge in [0.25, 0.3) is 5.91 Å². The van der Waals surface area contributed by atoms with Crippen LogP contribution in [0.25, 0.3) is 0 Å². The molecule has 3 amide bonds. The van der Waals surface area contributed by atoms with E-state index in [1.54, 1.807) is 12.1 Å². The average Bonchev–Trinajstić information content (AvgIpc) is 3.23. The fourth-order valence-corrected chi connectivity index (χ4v) is 2.50. The maximum atomic E-state index is 11.9. The van der Waals surface area contributed by atoms with Gasteiger partial charge in [-0.2, -0.15) is 0 Å². The smallest absolute Gasteiger partial charge is 0.261 e. The number of hydrogen-bond donors (Lipinski definition) is 3. The molecule has 0 aromatic carbocycles. The van der Waals surface area contributed by atoms with Crippen molar-refractivity contribution in [3.63, 3.8) is 0 Å². The number of hydrogen-bond acceptors (Lipinski definition) is 4. The molecule has 7 heteroatoms. The lowest BCUT2D eigenvalue weighted by Crippen LogP contribution is -2.36. The molecule has 1 aliphatic rings. The van der Waals surface area contributed by atoms with E-state index >= 15 is 0 Å². The summed E-state index contributed by atoms with van der Waals surface area (Å²) in [5.41, 5.74) is 0. The Morgan fingerprint density at radius 2 is 2.00 bits per heavy atom. The molecule has 0 saturated heterocycles. The maximum Gasteiger partial charge on any atom is 0.261 e. The van der Waals surface area contributed by atoms with E-state index in [2.05, 4.69) is 16.0 Å². The zero-order valence-electron chi connectivity index (χ0n) is 11.9. The monoisotopic (exact) mass is 309 g/mol. The third-order valence-electron chi connectivity index (χ3n) is 3.01. The number of rotatable bonds is 7. The van der Waals surface area contributed by atoms with Crippen LogP contribution in [-0.2, 0) is 9.59 Å². The predicted molar refractivity (Wildman–Crippen MR) is 81.3 cm³/mol. The van der Waals surface area contributed by atoms with Crippen molar-refractivity contribution in [1.29, 1.82) is 0 Å². The van der Waals surface area contributed by atoms with Crippen LogP contribution in [0.1, 0.15) is 35.9 Å². The minimum atomic E-state index is -0.307. The normalized spacial score (nSPS) is 13.6. The van der Waals surface area contributed by atoms with Gasteiger partial charge in [0.15, 0.2) is 0 Å². The molecule has 1 saturated carbocycles. The van der Waals surface area contributed by atoms with Crippen molar-refractivity contribution in [2.24, 2.45) is 5.92 Å². The molecule has 1 aromatic rings. The van der Waals surface area contributed by atoms with E-state index in [0.29, 0.717) is 16.4 Å². The van der Waals surface area contributed by atoms with Crippen LogP contribution in [0.4, 0.5) is 5.00 Å². The minimum absolute atomic E-state index is 0.0164. The van der Waals surface area contributed by atoms with Crippen LogP contribution >= 0.6 is 11.3 Å². The summed E-state index contributed by atoms with van der Waals surface area (Å²) in [6.45, 7) is 2.52. The summed E-state index contributed by atoms with van der Waals surface area (Å²) in [5, 5.41) is 8.69. The fraction of sp³-hybridized carbons (Fsp3) is 0.500. The molecule has 0 bridgehead atoms. The lowest BCUT2D eigenvalue weighted by atomic mass is 10.4. The van der Waals surface area contributed by atoms with E-state index in [1.807, 2.05) is 6.92 Å². The molecule has 0 aliphatic heterocycles. The van der Waals surface area contributed by atoms with E-state index in [1.165, 1.54) is 11.3 Å². The quantitative estimate of drug-likeness (QED) is 0.710. The van der Waals surface area contributed by atoms with Gasteiger partial charge in [0.05, 0.1) is 16.4 Å². The van der Waals surface area contributed by atoms with Crippen molar-refractivity contribution < 1.29 is 14.4 Å². The molecule has 6 nitrogen and oxygen atoms in total. The molecular formula is C14H19N3O3S. The summed E-state index contributed by atoms with van der Waals surface area (Å²) in [5.74, 6) is -0.364. The van der Waals surface area contributed by atoms with Gasteiger partial charge in [0.1, 0.15) is 0 Å². The first-order chi connectivity index (χ1) is 10.1. The van der Waals surface area contributed by atoms with E-state index in [-0.39, 0.29) is 30.2 Å². The number of anilines is 1. The highest BCUT2D eigenvalue weighted by molar-refractivity contribution is 7.18. The second kappa shape index (κ2) is 7.21. The molecule has 1 aromatic heterocycles. The number of amides is 3. The number of nitrogens with one attached hydrogen (secondary N) is 3. The number of carbonyl (C=O) groups is 3. The lowest BCUT2D eigenvalue weighted by molar-refractivity contribution is -0.120. The van der Waals surface area contributed by atoms with E-state index < -0.39 is 0 Å². The van der Waals surface area contributed by atoms with Crippen molar-refractivity contribution in [3.8, 4) is 0 Å². The summed E-state index contributed by atoms with van der Waals surface area (Å²) in [7, 11) is 0. The highest BCUT2D eigenvalue weighted by Crippen LogP contribution is 2.31. The number of thiophene rings is 1. The average molecular weight is 309 g/mol. The minimum Gasteiger partial charge on any atom is -0.355 e. The molecule has 21 heavy (non-hydrogen) atoms. The van der Waals surface area contributed by atoms with Gasteiger partial charge in [0, 0.05) is 12.5 Å². The molecular weight excluding hydrogens is 290 g/mol. The third-order valence-corrected chi connectivity index (χ3v) is 4.01. The summed E-state index contributed by atoms with van der Waals surface area (Å²) in [6, 6.07) is 3.35. The van der Waals surface area contributed by atoms with Gasteiger partial charge in [-0.3, -0.25) is 14.4 Å². The van der Waals surface area contributed by atoms with E-state index in [0.717, 1.165) is 19.3 Å². The van der Waals surface area contributed by atoms with Crippen molar-refractivity contribution in [2.75, 3.05) is 18.4 Å². The first kappa shape index (κ1) is 15.5. The van der Waals surface area contributed by atoms with Crippen molar-refractivity contribution >= 4 is 34.1 Å². The molecule has 114 valence electrons. The van der Waals surface area contributed by atoms with Crippen LogP contribution in [0.15, 0.2) is 12.1 Å². The Morgan fingerprint density at radius 1 is 1.24 bits per heavy atom. The Bertz CT molecular complexity index is 537. The van der Waals surface area contributed by atoms with E-state index in [4.69, 9.17) is 0 Å².